The van der Waals surface area contributed by atoms with Crippen molar-refractivity contribution in [1.82, 2.24) is 4.98 Å². The largest absolute Gasteiger partial charge is 0.478 e. The van der Waals surface area contributed by atoms with Gasteiger partial charge in [0.05, 0.1) is 5.01 Å². The number of aryl methyl sites for hydroxylation is 1. The van der Waals surface area contributed by atoms with Crippen LogP contribution in [0.5, 0.6) is 0 Å². The fourth-order valence-electron chi connectivity index (χ4n) is 1.56. The van der Waals surface area contributed by atoms with Gasteiger partial charge in [-0.2, -0.15) is 0 Å². The first-order valence-corrected chi connectivity index (χ1v) is 6.77. The van der Waals surface area contributed by atoms with Crippen LogP contribution in [0.15, 0.2) is 29.7 Å². The Kier molecular flexibility index (Phi) is 4.44. The highest BCUT2D eigenvalue weighted by Crippen LogP contribution is 2.17. The van der Waals surface area contributed by atoms with Crippen molar-refractivity contribution in [2.45, 2.75) is 6.92 Å². The Hall–Kier alpha value is -2.54. The lowest BCUT2D eigenvalue weighted by Gasteiger charge is -2.04. The number of thiazole rings is 1. The van der Waals surface area contributed by atoms with Crippen LogP contribution in [0.3, 0.4) is 0 Å². The fourth-order valence-corrected chi connectivity index (χ4v) is 2.16. The standard InChI is InChI=1S/C14H11FN2O3S/c1-8-16-12(7-21-8)14(20)17-10-4-2-9(11(15)6-10)3-5-13(18)19/h2-7H,1H3,(H,17,20)(H,18,19)/b5-3+. The van der Waals surface area contributed by atoms with Crippen molar-refractivity contribution >= 4 is 35.0 Å². The molecule has 0 saturated heterocycles. The summed E-state index contributed by atoms with van der Waals surface area (Å²) < 4.78 is 13.7. The number of rotatable bonds is 4. The third-order valence-electron chi connectivity index (χ3n) is 2.52. The molecule has 7 heteroatoms. The van der Waals surface area contributed by atoms with Crippen LogP contribution >= 0.6 is 11.3 Å². The molecule has 0 aliphatic carbocycles. The van der Waals surface area contributed by atoms with E-state index in [4.69, 9.17) is 5.11 Å². The van der Waals surface area contributed by atoms with Gasteiger partial charge in [0.2, 0.25) is 0 Å². The summed E-state index contributed by atoms with van der Waals surface area (Å²) in [5.74, 6) is -2.21. The summed E-state index contributed by atoms with van der Waals surface area (Å²) in [6.07, 6.45) is 1.99. The number of nitrogens with one attached hydrogen (secondary N) is 1. The van der Waals surface area contributed by atoms with E-state index in [9.17, 15) is 14.0 Å². The minimum absolute atomic E-state index is 0.125. The predicted molar refractivity (Wildman–Crippen MR) is 77.9 cm³/mol. The van der Waals surface area contributed by atoms with Gasteiger partial charge in [-0.1, -0.05) is 0 Å². The van der Waals surface area contributed by atoms with Gasteiger partial charge in [0, 0.05) is 22.7 Å². The lowest BCUT2D eigenvalue weighted by Crippen LogP contribution is -2.12. The molecule has 0 spiro atoms. The maximum atomic E-state index is 13.7. The van der Waals surface area contributed by atoms with Gasteiger partial charge >= 0.3 is 5.97 Å². The summed E-state index contributed by atoms with van der Waals surface area (Å²) in [5, 5.41) is 13.4. The average Bonchev–Trinajstić information content (AvgIpc) is 2.84. The van der Waals surface area contributed by atoms with Gasteiger partial charge in [0.1, 0.15) is 11.5 Å². The molecule has 5 nitrogen and oxygen atoms in total. The number of nitrogens with zero attached hydrogens (tertiary/aromatic N) is 1. The van der Waals surface area contributed by atoms with Crippen LogP contribution in [-0.4, -0.2) is 22.0 Å². The molecule has 0 bridgehead atoms. The Labute approximate surface area is 123 Å². The Morgan fingerprint density at radius 3 is 2.76 bits per heavy atom. The number of carbonyl (C=O) groups is 2. The van der Waals surface area contributed by atoms with Crippen molar-refractivity contribution in [2.75, 3.05) is 5.32 Å². The number of carbonyl (C=O) groups excluding carboxylic acids is 1. The van der Waals surface area contributed by atoms with Crippen LogP contribution in [0.25, 0.3) is 6.08 Å². The number of hydrogen-bond donors (Lipinski definition) is 2. The average molecular weight is 306 g/mol. The van der Waals surface area contributed by atoms with E-state index in [-0.39, 0.29) is 16.9 Å². The van der Waals surface area contributed by atoms with Gasteiger partial charge in [0.25, 0.3) is 5.91 Å². The van der Waals surface area contributed by atoms with E-state index in [1.807, 2.05) is 0 Å². The second-order valence-electron chi connectivity index (χ2n) is 4.11. The SMILES string of the molecule is Cc1nc(C(=O)Nc2ccc(/C=C/C(=O)O)c(F)c2)cs1. The molecule has 0 radical (unpaired) electrons. The molecule has 0 atom stereocenters. The highest BCUT2D eigenvalue weighted by molar-refractivity contribution is 7.09. The second kappa shape index (κ2) is 6.27. The third kappa shape index (κ3) is 3.96. The maximum Gasteiger partial charge on any atom is 0.328 e. The minimum Gasteiger partial charge on any atom is -0.478 e. The van der Waals surface area contributed by atoms with Gasteiger partial charge in [-0.25, -0.2) is 14.2 Å². The van der Waals surface area contributed by atoms with Crippen LogP contribution in [0, 0.1) is 12.7 Å². The van der Waals surface area contributed by atoms with E-state index in [0.717, 1.165) is 23.2 Å². The van der Waals surface area contributed by atoms with Crippen molar-refractivity contribution in [1.29, 1.82) is 0 Å². The van der Waals surface area contributed by atoms with Crippen LogP contribution in [0.2, 0.25) is 0 Å². The first kappa shape index (κ1) is 14.9. The van der Waals surface area contributed by atoms with E-state index in [0.29, 0.717) is 0 Å². The highest BCUT2D eigenvalue weighted by Gasteiger charge is 2.10. The summed E-state index contributed by atoms with van der Waals surface area (Å²) in [7, 11) is 0. The maximum absolute atomic E-state index is 13.7. The Balaban J connectivity index is 2.13. The van der Waals surface area contributed by atoms with E-state index >= 15 is 0 Å². The molecular weight excluding hydrogens is 295 g/mol. The van der Waals surface area contributed by atoms with Gasteiger partial charge in [-0.15, -0.1) is 11.3 Å². The van der Waals surface area contributed by atoms with Crippen molar-refractivity contribution < 1.29 is 19.1 Å². The molecule has 0 unspecified atom stereocenters. The molecule has 2 N–H and O–H groups in total. The minimum atomic E-state index is -1.16. The number of benzene rings is 1. The van der Waals surface area contributed by atoms with Gasteiger partial charge in [-0.05, 0) is 31.2 Å². The van der Waals surface area contributed by atoms with Crippen molar-refractivity contribution in [3.8, 4) is 0 Å². The number of amides is 1. The molecule has 1 aromatic heterocycles. The predicted octanol–water partition coefficient (Wildman–Crippen LogP) is 2.94. The molecule has 2 rings (SSSR count). The molecule has 1 amide bonds. The number of aliphatic carboxylic acids is 1. The van der Waals surface area contributed by atoms with E-state index in [1.54, 1.807) is 12.3 Å². The van der Waals surface area contributed by atoms with E-state index in [2.05, 4.69) is 10.3 Å². The van der Waals surface area contributed by atoms with Crippen LogP contribution in [0.4, 0.5) is 10.1 Å². The zero-order valence-corrected chi connectivity index (χ0v) is 11.8. The topological polar surface area (TPSA) is 79.3 Å². The molecule has 1 heterocycles. The zero-order chi connectivity index (χ0) is 15.4. The molecular formula is C14H11FN2O3S. The van der Waals surface area contributed by atoms with Crippen LogP contribution in [-0.2, 0) is 4.79 Å². The van der Waals surface area contributed by atoms with Crippen molar-refractivity contribution in [3.63, 3.8) is 0 Å². The Morgan fingerprint density at radius 2 is 2.19 bits per heavy atom. The number of carboxylic acid groups (broad SMARTS) is 1. The van der Waals surface area contributed by atoms with Gasteiger partial charge < -0.3 is 10.4 Å². The van der Waals surface area contributed by atoms with E-state index in [1.165, 1.54) is 23.5 Å². The first-order valence-electron chi connectivity index (χ1n) is 5.90. The Morgan fingerprint density at radius 1 is 1.43 bits per heavy atom. The summed E-state index contributed by atoms with van der Waals surface area (Å²) in [4.78, 5) is 26.3. The normalized spacial score (nSPS) is 10.8. The summed E-state index contributed by atoms with van der Waals surface area (Å²) in [6, 6.07) is 4.00. The molecule has 0 aliphatic heterocycles. The van der Waals surface area contributed by atoms with Crippen molar-refractivity contribution in [2.24, 2.45) is 0 Å². The lowest BCUT2D eigenvalue weighted by molar-refractivity contribution is -0.131. The molecule has 0 fully saturated rings. The van der Waals surface area contributed by atoms with Gasteiger partial charge in [-0.3, -0.25) is 4.79 Å². The number of halogens is 1. The first-order chi connectivity index (χ1) is 9.95. The van der Waals surface area contributed by atoms with Gasteiger partial charge in [0.15, 0.2) is 0 Å². The quantitative estimate of drug-likeness (QED) is 0.851. The smallest absolute Gasteiger partial charge is 0.328 e. The zero-order valence-electron chi connectivity index (χ0n) is 11.0. The number of aromatic nitrogens is 1. The third-order valence-corrected chi connectivity index (χ3v) is 3.29. The molecule has 0 saturated carbocycles. The fraction of sp³-hybridized carbons (Fsp3) is 0.0714. The second-order valence-corrected chi connectivity index (χ2v) is 5.18. The molecule has 0 aliphatic rings. The number of carboxylic acids is 1. The number of anilines is 1. The summed E-state index contributed by atoms with van der Waals surface area (Å²) >= 11 is 1.35. The summed E-state index contributed by atoms with van der Waals surface area (Å²) in [5.41, 5.74) is 0.670. The van der Waals surface area contributed by atoms with Crippen LogP contribution < -0.4 is 5.32 Å². The summed E-state index contributed by atoms with van der Waals surface area (Å²) in [6.45, 7) is 1.78. The number of hydrogen-bond acceptors (Lipinski definition) is 4. The molecule has 2 aromatic rings. The van der Waals surface area contributed by atoms with E-state index < -0.39 is 17.7 Å². The molecule has 108 valence electrons. The monoisotopic (exact) mass is 306 g/mol. The molecule has 21 heavy (non-hydrogen) atoms. The lowest BCUT2D eigenvalue weighted by atomic mass is 10.1. The Bertz CT molecular complexity index is 725. The van der Waals surface area contributed by atoms with Crippen molar-refractivity contribution in [3.05, 3.63) is 51.7 Å². The molecule has 1 aromatic carbocycles. The highest BCUT2D eigenvalue weighted by atomic mass is 32.1. The van der Waals surface area contributed by atoms with Crippen LogP contribution in [0.1, 0.15) is 21.1 Å².